The van der Waals surface area contributed by atoms with E-state index in [0.29, 0.717) is 23.5 Å². The van der Waals surface area contributed by atoms with E-state index in [2.05, 4.69) is 24.3 Å². The zero-order chi connectivity index (χ0) is 19.5. The molecule has 4 saturated carbocycles. The third-order valence-corrected chi connectivity index (χ3v) is 9.57. The van der Waals surface area contributed by atoms with Crippen molar-refractivity contribution in [1.82, 2.24) is 5.32 Å². The summed E-state index contributed by atoms with van der Waals surface area (Å²) in [7, 11) is 0. The number of aliphatic hydroxyl groups excluding tert-OH is 1. The lowest BCUT2D eigenvalue weighted by Gasteiger charge is -2.60. The van der Waals surface area contributed by atoms with E-state index in [1.165, 1.54) is 0 Å². The average molecular weight is 389 g/mol. The molecule has 4 aliphatic carbocycles. The van der Waals surface area contributed by atoms with E-state index in [4.69, 9.17) is 4.84 Å². The Morgan fingerprint density at radius 1 is 1.11 bits per heavy atom. The molecule has 2 N–H and O–H groups in total. The largest absolute Gasteiger partial charge is 0.393 e. The van der Waals surface area contributed by atoms with E-state index in [-0.39, 0.29) is 29.0 Å². The summed E-state index contributed by atoms with van der Waals surface area (Å²) >= 11 is 0. The van der Waals surface area contributed by atoms with Crippen molar-refractivity contribution in [3.63, 3.8) is 0 Å². The molecule has 0 spiro atoms. The van der Waals surface area contributed by atoms with E-state index in [1.54, 1.807) is 0 Å². The maximum absolute atomic E-state index is 12.6. The van der Waals surface area contributed by atoms with Gasteiger partial charge in [-0.25, -0.2) is 0 Å². The Morgan fingerprint density at radius 3 is 2.75 bits per heavy atom. The normalized spacial score (nSPS) is 52.2. The first kappa shape index (κ1) is 19.0. The maximum Gasteiger partial charge on any atom is 0.141 e. The number of Topliss-reactive ketones (excluding diaryl/α,β-unsaturated/α-hetero) is 1. The molecule has 8 atom stereocenters. The van der Waals surface area contributed by atoms with Gasteiger partial charge in [0.15, 0.2) is 0 Å². The second kappa shape index (κ2) is 6.80. The van der Waals surface area contributed by atoms with Gasteiger partial charge in [-0.1, -0.05) is 19.0 Å². The molecule has 1 aliphatic heterocycles. The zero-order valence-corrected chi connectivity index (χ0v) is 17.5. The lowest BCUT2D eigenvalue weighted by molar-refractivity contribution is -0.153. The molecule has 0 bridgehead atoms. The highest BCUT2D eigenvalue weighted by molar-refractivity contribution is 5.87. The summed E-state index contributed by atoms with van der Waals surface area (Å²) in [4.78, 5) is 18.4. The number of hydrogen-bond acceptors (Lipinski definition) is 5. The van der Waals surface area contributed by atoms with Crippen molar-refractivity contribution in [3.05, 3.63) is 0 Å². The van der Waals surface area contributed by atoms with Gasteiger partial charge in [0.1, 0.15) is 11.9 Å². The number of carbonyl (C=O) groups is 1. The van der Waals surface area contributed by atoms with Crippen molar-refractivity contribution in [3.8, 4) is 0 Å². The van der Waals surface area contributed by atoms with Crippen LogP contribution in [0.1, 0.15) is 71.6 Å². The van der Waals surface area contributed by atoms with Gasteiger partial charge in [0, 0.05) is 24.8 Å². The quantitative estimate of drug-likeness (QED) is 0.712. The highest BCUT2D eigenvalue weighted by Crippen LogP contribution is 2.65. The third kappa shape index (κ3) is 2.79. The number of nitrogens with zero attached hydrogens (tertiary/aromatic N) is 1. The van der Waals surface area contributed by atoms with Crippen molar-refractivity contribution >= 4 is 11.5 Å². The van der Waals surface area contributed by atoms with Gasteiger partial charge in [0.25, 0.3) is 0 Å². The van der Waals surface area contributed by atoms with Gasteiger partial charge in [-0.05, 0) is 80.6 Å². The van der Waals surface area contributed by atoms with Crippen LogP contribution in [0.25, 0.3) is 0 Å². The van der Waals surface area contributed by atoms with Crippen LogP contribution in [0.4, 0.5) is 0 Å². The summed E-state index contributed by atoms with van der Waals surface area (Å²) in [5.74, 6) is 2.41. The molecule has 0 aromatic heterocycles. The van der Waals surface area contributed by atoms with Crippen molar-refractivity contribution in [2.75, 3.05) is 13.1 Å². The lowest BCUT2D eigenvalue weighted by atomic mass is 9.44. The molecule has 5 heteroatoms. The number of ketones is 1. The summed E-state index contributed by atoms with van der Waals surface area (Å²) in [6.07, 6.45) is 8.80. The van der Waals surface area contributed by atoms with E-state index >= 15 is 0 Å². The molecule has 0 amide bonds. The van der Waals surface area contributed by atoms with Gasteiger partial charge >= 0.3 is 0 Å². The fourth-order valence-corrected chi connectivity index (χ4v) is 7.82. The van der Waals surface area contributed by atoms with Crippen LogP contribution in [0.15, 0.2) is 5.16 Å². The SMILES string of the molecule is C[C@]12CCC(=NO[C@@H]3CCNC3)CC1[C@H](O)C[C@@H]1[C@@H]2CC[C@]2(C)C(=O)CC[C@@H]12. The predicted octanol–water partition coefficient (Wildman–Crippen LogP) is 3.30. The number of nitrogens with one attached hydrogen (secondary N) is 1. The summed E-state index contributed by atoms with van der Waals surface area (Å²) in [6, 6.07) is 0. The smallest absolute Gasteiger partial charge is 0.141 e. The van der Waals surface area contributed by atoms with Gasteiger partial charge < -0.3 is 15.3 Å². The molecule has 5 nitrogen and oxygen atoms in total. The molecule has 0 aromatic rings. The van der Waals surface area contributed by atoms with E-state index in [9.17, 15) is 9.90 Å². The van der Waals surface area contributed by atoms with Crippen molar-refractivity contribution in [2.45, 2.75) is 83.8 Å². The molecule has 5 fully saturated rings. The Bertz CT molecular complexity index is 673. The van der Waals surface area contributed by atoms with Crippen molar-refractivity contribution in [2.24, 2.45) is 39.7 Å². The minimum Gasteiger partial charge on any atom is -0.393 e. The number of hydrogen-bond donors (Lipinski definition) is 2. The van der Waals surface area contributed by atoms with Crippen molar-refractivity contribution < 1.29 is 14.7 Å². The Hall–Kier alpha value is -0.940. The first-order chi connectivity index (χ1) is 13.4. The first-order valence-corrected chi connectivity index (χ1v) is 11.6. The lowest BCUT2D eigenvalue weighted by Crippen LogP contribution is -2.57. The second-order valence-corrected chi connectivity index (χ2v) is 10.8. The fourth-order valence-electron chi connectivity index (χ4n) is 7.82. The number of rotatable bonds is 2. The molecule has 1 heterocycles. The van der Waals surface area contributed by atoms with Crippen LogP contribution >= 0.6 is 0 Å². The van der Waals surface area contributed by atoms with E-state index in [0.717, 1.165) is 76.6 Å². The van der Waals surface area contributed by atoms with Crippen LogP contribution in [-0.2, 0) is 9.63 Å². The zero-order valence-electron chi connectivity index (χ0n) is 17.5. The van der Waals surface area contributed by atoms with Crippen LogP contribution in [-0.4, -0.2) is 41.9 Å². The Kier molecular flexibility index (Phi) is 4.63. The van der Waals surface area contributed by atoms with Gasteiger partial charge in [-0.3, -0.25) is 4.79 Å². The highest BCUT2D eigenvalue weighted by atomic mass is 16.6. The number of oxime groups is 1. The Balaban J connectivity index is 1.34. The third-order valence-electron chi connectivity index (χ3n) is 9.57. The van der Waals surface area contributed by atoms with Gasteiger partial charge in [0.05, 0.1) is 11.8 Å². The van der Waals surface area contributed by atoms with E-state index < -0.39 is 0 Å². The number of carbonyl (C=O) groups excluding carboxylic acids is 1. The van der Waals surface area contributed by atoms with E-state index in [1.807, 2.05) is 0 Å². The molecule has 0 aromatic carbocycles. The molecular weight excluding hydrogens is 352 g/mol. The summed E-state index contributed by atoms with van der Waals surface area (Å²) in [5, 5.41) is 19.0. The first-order valence-electron chi connectivity index (χ1n) is 11.6. The van der Waals surface area contributed by atoms with Crippen LogP contribution < -0.4 is 5.32 Å². The molecule has 1 saturated heterocycles. The summed E-state index contributed by atoms with van der Waals surface area (Å²) in [6.45, 7) is 6.55. The molecule has 5 aliphatic rings. The Labute approximate surface area is 168 Å². The van der Waals surface area contributed by atoms with Crippen LogP contribution in [0, 0.1) is 34.5 Å². The molecule has 28 heavy (non-hydrogen) atoms. The maximum atomic E-state index is 12.6. The van der Waals surface area contributed by atoms with Crippen molar-refractivity contribution in [1.29, 1.82) is 0 Å². The minimum absolute atomic E-state index is 0.117. The standard InChI is InChI=1S/C23H36N2O3/c1-22-8-5-14(25-28-15-7-10-24-13-15)11-19(22)20(26)12-16-17-3-4-21(27)23(17,2)9-6-18(16)22/h15-20,24,26H,3-13H2,1-2H3/t15-,16+,17+,18+,19?,20-,22-,23+/m1/s1. The van der Waals surface area contributed by atoms with Crippen LogP contribution in [0.2, 0.25) is 0 Å². The molecular formula is C23H36N2O3. The minimum atomic E-state index is -0.275. The molecule has 0 radical (unpaired) electrons. The fraction of sp³-hybridized carbons (Fsp3) is 0.913. The highest BCUT2D eigenvalue weighted by Gasteiger charge is 2.61. The topological polar surface area (TPSA) is 70.9 Å². The van der Waals surface area contributed by atoms with Gasteiger partial charge in [-0.2, -0.15) is 0 Å². The molecule has 1 unspecified atom stereocenters. The Morgan fingerprint density at radius 2 is 1.96 bits per heavy atom. The molecule has 5 rings (SSSR count). The summed E-state index contributed by atoms with van der Waals surface area (Å²) in [5.41, 5.74) is 1.20. The van der Waals surface area contributed by atoms with Crippen LogP contribution in [0.3, 0.4) is 0 Å². The van der Waals surface area contributed by atoms with Gasteiger partial charge in [0.2, 0.25) is 0 Å². The molecule has 156 valence electrons. The summed E-state index contributed by atoms with van der Waals surface area (Å²) < 4.78 is 0. The average Bonchev–Trinajstić information content (AvgIpc) is 3.29. The van der Waals surface area contributed by atoms with Gasteiger partial charge in [-0.15, -0.1) is 0 Å². The second-order valence-electron chi connectivity index (χ2n) is 10.8. The number of aliphatic hydroxyl groups is 1. The predicted molar refractivity (Wildman–Crippen MR) is 108 cm³/mol. The number of fused-ring (bicyclic) bond motifs is 5. The van der Waals surface area contributed by atoms with Crippen LogP contribution in [0.5, 0.6) is 0 Å². The monoisotopic (exact) mass is 388 g/mol.